The van der Waals surface area contributed by atoms with Gasteiger partial charge in [0, 0.05) is 6.54 Å². The Kier molecular flexibility index (Phi) is 4.30. The minimum atomic E-state index is 0.747. The van der Waals surface area contributed by atoms with Crippen molar-refractivity contribution < 1.29 is 4.74 Å². The molecular formula is C18H27NO. The van der Waals surface area contributed by atoms with E-state index in [0.29, 0.717) is 0 Å². The van der Waals surface area contributed by atoms with E-state index in [9.17, 15) is 0 Å². The number of methoxy groups -OCH3 is 1. The van der Waals surface area contributed by atoms with E-state index in [1.54, 1.807) is 7.11 Å². The zero-order valence-electron chi connectivity index (χ0n) is 12.7. The van der Waals surface area contributed by atoms with Gasteiger partial charge in [0.2, 0.25) is 0 Å². The van der Waals surface area contributed by atoms with Crippen LogP contribution < -0.4 is 4.74 Å². The summed E-state index contributed by atoms with van der Waals surface area (Å²) in [5.74, 6) is 0.954. The number of hydrogen-bond donors (Lipinski definition) is 0. The van der Waals surface area contributed by atoms with Crippen LogP contribution in [-0.2, 0) is 6.42 Å². The van der Waals surface area contributed by atoms with Crippen molar-refractivity contribution in [2.45, 2.75) is 44.9 Å². The molecule has 3 rings (SSSR count). The van der Waals surface area contributed by atoms with Gasteiger partial charge in [-0.2, -0.15) is 0 Å². The zero-order chi connectivity index (χ0) is 13.8. The first kappa shape index (κ1) is 13.9. The highest BCUT2D eigenvalue weighted by molar-refractivity contribution is 5.27. The summed E-state index contributed by atoms with van der Waals surface area (Å²) in [5.41, 5.74) is 2.17. The molecule has 0 amide bonds. The van der Waals surface area contributed by atoms with E-state index >= 15 is 0 Å². The Balaban J connectivity index is 1.45. The Labute approximate surface area is 123 Å². The molecule has 0 radical (unpaired) electrons. The van der Waals surface area contributed by atoms with Gasteiger partial charge in [-0.25, -0.2) is 0 Å². The van der Waals surface area contributed by atoms with E-state index in [1.165, 1.54) is 63.7 Å². The molecule has 110 valence electrons. The SMILES string of the molecule is COc1ccc(CCN2CCC3(CCCC3)CC2)cc1. The molecule has 0 bridgehead atoms. The highest BCUT2D eigenvalue weighted by atomic mass is 16.5. The number of hydrogen-bond acceptors (Lipinski definition) is 2. The monoisotopic (exact) mass is 273 g/mol. The Morgan fingerprint density at radius 2 is 1.65 bits per heavy atom. The van der Waals surface area contributed by atoms with Crippen molar-refractivity contribution in [3.63, 3.8) is 0 Å². The lowest BCUT2D eigenvalue weighted by molar-refractivity contribution is 0.109. The summed E-state index contributed by atoms with van der Waals surface area (Å²) >= 11 is 0. The Morgan fingerprint density at radius 1 is 1.00 bits per heavy atom. The van der Waals surface area contributed by atoms with Crippen molar-refractivity contribution in [3.05, 3.63) is 29.8 Å². The van der Waals surface area contributed by atoms with Gasteiger partial charge < -0.3 is 9.64 Å². The van der Waals surface area contributed by atoms with Crippen molar-refractivity contribution >= 4 is 0 Å². The lowest BCUT2D eigenvalue weighted by atomic mass is 9.77. The predicted octanol–water partition coefficient (Wildman–Crippen LogP) is 3.89. The van der Waals surface area contributed by atoms with Crippen LogP contribution in [0.25, 0.3) is 0 Å². The van der Waals surface area contributed by atoms with Gasteiger partial charge in [0.05, 0.1) is 7.11 Å². The fourth-order valence-electron chi connectivity index (χ4n) is 3.96. The highest BCUT2D eigenvalue weighted by Crippen LogP contribution is 2.46. The molecule has 2 aliphatic rings. The fraction of sp³-hybridized carbons (Fsp3) is 0.667. The Hall–Kier alpha value is -1.02. The molecule has 1 aliphatic heterocycles. The van der Waals surface area contributed by atoms with E-state index < -0.39 is 0 Å². The number of benzene rings is 1. The van der Waals surface area contributed by atoms with E-state index in [-0.39, 0.29) is 0 Å². The maximum Gasteiger partial charge on any atom is 0.118 e. The van der Waals surface area contributed by atoms with Crippen LogP contribution >= 0.6 is 0 Å². The first-order valence-corrected chi connectivity index (χ1v) is 8.15. The average molecular weight is 273 g/mol. The molecule has 1 heterocycles. The molecule has 20 heavy (non-hydrogen) atoms. The van der Waals surface area contributed by atoms with Crippen molar-refractivity contribution in [1.82, 2.24) is 4.90 Å². The molecule has 1 saturated heterocycles. The normalized spacial score (nSPS) is 22.2. The maximum atomic E-state index is 5.21. The molecule has 1 spiro atoms. The number of ether oxygens (including phenoxy) is 1. The van der Waals surface area contributed by atoms with Gasteiger partial charge in [-0.05, 0) is 68.3 Å². The number of likely N-dealkylation sites (tertiary alicyclic amines) is 1. The first-order chi connectivity index (χ1) is 9.80. The molecule has 2 fully saturated rings. The third-order valence-corrected chi connectivity index (χ3v) is 5.46. The van der Waals surface area contributed by atoms with Crippen LogP contribution in [0.3, 0.4) is 0 Å². The van der Waals surface area contributed by atoms with Crippen LogP contribution in [0.15, 0.2) is 24.3 Å². The lowest BCUT2D eigenvalue weighted by Gasteiger charge is -2.39. The molecule has 0 N–H and O–H groups in total. The lowest BCUT2D eigenvalue weighted by Crippen LogP contribution is -2.39. The average Bonchev–Trinajstić information content (AvgIpc) is 2.96. The molecule has 1 aromatic carbocycles. The Morgan fingerprint density at radius 3 is 2.25 bits per heavy atom. The van der Waals surface area contributed by atoms with Crippen LogP contribution in [0, 0.1) is 5.41 Å². The molecular weight excluding hydrogens is 246 g/mol. The molecule has 0 unspecified atom stereocenters. The van der Waals surface area contributed by atoms with Gasteiger partial charge in [-0.3, -0.25) is 0 Å². The van der Waals surface area contributed by atoms with Crippen LogP contribution in [0.1, 0.15) is 44.1 Å². The number of piperidine rings is 1. The van der Waals surface area contributed by atoms with Crippen molar-refractivity contribution in [1.29, 1.82) is 0 Å². The number of nitrogens with zero attached hydrogens (tertiary/aromatic N) is 1. The first-order valence-electron chi connectivity index (χ1n) is 8.15. The molecule has 1 saturated carbocycles. The molecule has 2 nitrogen and oxygen atoms in total. The maximum absolute atomic E-state index is 5.21. The summed E-state index contributed by atoms with van der Waals surface area (Å²) in [4.78, 5) is 2.66. The predicted molar refractivity (Wildman–Crippen MR) is 83.3 cm³/mol. The zero-order valence-corrected chi connectivity index (χ0v) is 12.7. The van der Waals surface area contributed by atoms with E-state index in [4.69, 9.17) is 4.74 Å². The number of rotatable bonds is 4. The summed E-state index contributed by atoms with van der Waals surface area (Å²) in [6, 6.07) is 8.53. The minimum absolute atomic E-state index is 0.747. The smallest absolute Gasteiger partial charge is 0.118 e. The third kappa shape index (κ3) is 3.17. The molecule has 1 aliphatic carbocycles. The summed E-state index contributed by atoms with van der Waals surface area (Å²) < 4.78 is 5.21. The fourth-order valence-corrected chi connectivity index (χ4v) is 3.96. The minimum Gasteiger partial charge on any atom is -0.497 e. The van der Waals surface area contributed by atoms with Gasteiger partial charge in [-0.1, -0.05) is 25.0 Å². The van der Waals surface area contributed by atoms with Crippen LogP contribution in [0.4, 0.5) is 0 Å². The van der Waals surface area contributed by atoms with E-state index in [0.717, 1.165) is 17.6 Å². The second kappa shape index (κ2) is 6.17. The van der Waals surface area contributed by atoms with E-state index in [2.05, 4.69) is 29.2 Å². The van der Waals surface area contributed by atoms with Crippen LogP contribution in [-0.4, -0.2) is 31.6 Å². The molecule has 2 heteroatoms. The molecule has 0 aromatic heterocycles. The van der Waals surface area contributed by atoms with Crippen molar-refractivity contribution in [2.24, 2.45) is 5.41 Å². The van der Waals surface area contributed by atoms with Gasteiger partial charge in [0.1, 0.15) is 5.75 Å². The van der Waals surface area contributed by atoms with Crippen LogP contribution in [0.5, 0.6) is 5.75 Å². The van der Waals surface area contributed by atoms with Gasteiger partial charge in [0.25, 0.3) is 0 Å². The standard InChI is InChI=1S/C18H27NO/c1-20-17-6-4-16(5-7-17)8-13-19-14-11-18(12-15-19)9-2-3-10-18/h4-7H,2-3,8-15H2,1H3. The quantitative estimate of drug-likeness (QED) is 0.825. The molecule has 1 aromatic rings. The van der Waals surface area contributed by atoms with E-state index in [1.807, 2.05) is 0 Å². The van der Waals surface area contributed by atoms with Crippen LogP contribution in [0.2, 0.25) is 0 Å². The Bertz CT molecular complexity index is 410. The van der Waals surface area contributed by atoms with Gasteiger partial charge in [-0.15, -0.1) is 0 Å². The van der Waals surface area contributed by atoms with Gasteiger partial charge in [0.15, 0.2) is 0 Å². The second-order valence-electron chi connectivity index (χ2n) is 6.65. The third-order valence-electron chi connectivity index (χ3n) is 5.46. The summed E-state index contributed by atoms with van der Waals surface area (Å²) in [7, 11) is 1.72. The largest absolute Gasteiger partial charge is 0.497 e. The second-order valence-corrected chi connectivity index (χ2v) is 6.65. The topological polar surface area (TPSA) is 12.5 Å². The van der Waals surface area contributed by atoms with Crippen molar-refractivity contribution in [2.75, 3.05) is 26.7 Å². The van der Waals surface area contributed by atoms with Crippen molar-refractivity contribution in [3.8, 4) is 5.75 Å². The summed E-state index contributed by atoms with van der Waals surface area (Å²) in [6.07, 6.45) is 10.00. The summed E-state index contributed by atoms with van der Waals surface area (Å²) in [5, 5.41) is 0. The molecule has 0 atom stereocenters. The highest BCUT2D eigenvalue weighted by Gasteiger charge is 2.36. The van der Waals surface area contributed by atoms with Gasteiger partial charge >= 0.3 is 0 Å². The summed E-state index contributed by atoms with van der Waals surface area (Å²) in [6.45, 7) is 3.84.